The number of piperidine rings is 1. The Labute approximate surface area is 190 Å². The molecule has 0 atom stereocenters. The zero-order chi connectivity index (χ0) is 23.0. The number of nitrogens with zero attached hydrogens (tertiary/aromatic N) is 5. The minimum atomic E-state index is -0.962. The van der Waals surface area contributed by atoms with Gasteiger partial charge in [-0.15, -0.1) is 0 Å². The first-order valence-corrected chi connectivity index (χ1v) is 11.1. The first-order valence-electron chi connectivity index (χ1n) is 11.1. The first-order chi connectivity index (χ1) is 15.9. The van der Waals surface area contributed by atoms with Crippen LogP contribution in [0.25, 0.3) is 16.7 Å². The van der Waals surface area contributed by atoms with Crippen LogP contribution in [0.15, 0.2) is 65.8 Å². The third kappa shape index (κ3) is 4.44. The van der Waals surface area contributed by atoms with E-state index in [2.05, 4.69) is 46.2 Å². The molecule has 0 bridgehead atoms. The maximum absolute atomic E-state index is 13.2. The number of hydrogen-bond donors (Lipinski definition) is 1. The molecule has 0 unspecified atom stereocenters. The van der Waals surface area contributed by atoms with Crippen molar-refractivity contribution in [3.63, 3.8) is 0 Å². The minimum absolute atomic E-state index is 0.189. The lowest BCUT2D eigenvalue weighted by molar-refractivity contribution is -0.0364. The number of benzene rings is 2. The van der Waals surface area contributed by atoms with E-state index in [9.17, 15) is 14.3 Å². The molecule has 4 aromatic rings. The zero-order valence-corrected chi connectivity index (χ0v) is 18.5. The Morgan fingerprint density at radius 1 is 1.06 bits per heavy atom. The van der Waals surface area contributed by atoms with Gasteiger partial charge in [0.05, 0.1) is 24.0 Å². The van der Waals surface area contributed by atoms with Gasteiger partial charge in [0.2, 0.25) is 0 Å². The third-order valence-electron chi connectivity index (χ3n) is 6.40. The van der Waals surface area contributed by atoms with E-state index in [4.69, 9.17) is 0 Å². The lowest BCUT2D eigenvalue weighted by Gasteiger charge is -2.38. The Bertz CT molecular complexity index is 1320. The van der Waals surface area contributed by atoms with Gasteiger partial charge < -0.3 is 5.11 Å². The molecule has 1 fully saturated rings. The van der Waals surface area contributed by atoms with E-state index in [0.29, 0.717) is 29.6 Å². The highest BCUT2D eigenvalue weighted by molar-refractivity contribution is 5.74. The fraction of sp³-hybridized carbons (Fsp3) is 0.320. The monoisotopic (exact) mass is 447 g/mol. The molecule has 2 aromatic carbocycles. The molecule has 0 spiro atoms. The predicted molar refractivity (Wildman–Crippen MR) is 124 cm³/mol. The molecule has 1 N–H and O–H groups in total. The van der Waals surface area contributed by atoms with Crippen LogP contribution in [0.2, 0.25) is 0 Å². The van der Waals surface area contributed by atoms with Crippen molar-refractivity contribution in [1.82, 2.24) is 24.2 Å². The molecule has 8 heteroatoms. The summed E-state index contributed by atoms with van der Waals surface area (Å²) in [7, 11) is 0. The molecule has 0 aliphatic carbocycles. The van der Waals surface area contributed by atoms with E-state index in [0.717, 1.165) is 19.6 Å². The third-order valence-corrected chi connectivity index (χ3v) is 6.40. The normalized spacial score (nSPS) is 16.3. The van der Waals surface area contributed by atoms with Crippen LogP contribution in [-0.2, 0) is 13.1 Å². The van der Waals surface area contributed by atoms with E-state index in [-0.39, 0.29) is 17.9 Å². The maximum Gasteiger partial charge on any atom is 0.264 e. The molecule has 1 aliphatic rings. The van der Waals surface area contributed by atoms with Gasteiger partial charge in [-0.05, 0) is 49.6 Å². The molecule has 2 aromatic heterocycles. The van der Waals surface area contributed by atoms with Crippen molar-refractivity contribution in [2.75, 3.05) is 13.1 Å². The summed E-state index contributed by atoms with van der Waals surface area (Å²) in [5, 5.41) is 15.8. The lowest BCUT2D eigenvalue weighted by atomic mass is 9.91. The molecule has 0 amide bonds. The second-order valence-electron chi connectivity index (χ2n) is 8.93. The molecule has 3 heterocycles. The molecule has 33 heavy (non-hydrogen) atoms. The van der Waals surface area contributed by atoms with E-state index < -0.39 is 5.60 Å². The Hall–Kier alpha value is -3.36. The number of halogens is 1. The summed E-state index contributed by atoms with van der Waals surface area (Å²) in [6.45, 7) is 4.64. The Kier molecular flexibility index (Phi) is 5.55. The topological polar surface area (TPSA) is 76.2 Å². The van der Waals surface area contributed by atoms with Gasteiger partial charge in [-0.25, -0.2) is 14.1 Å². The Balaban J connectivity index is 1.30. The molecular weight excluding hydrogens is 421 g/mol. The van der Waals surface area contributed by atoms with Crippen molar-refractivity contribution in [3.05, 3.63) is 88.4 Å². The van der Waals surface area contributed by atoms with E-state index >= 15 is 0 Å². The highest BCUT2D eigenvalue weighted by Gasteiger charge is 2.33. The summed E-state index contributed by atoms with van der Waals surface area (Å²) in [5.41, 5.74) is 2.32. The molecule has 5 rings (SSSR count). The van der Waals surface area contributed by atoms with Crippen molar-refractivity contribution in [1.29, 1.82) is 0 Å². The van der Waals surface area contributed by atoms with E-state index in [1.54, 1.807) is 12.1 Å². The standard InChI is InChI=1S/C25H26FN5O2/c1-18-2-4-19(5-3-18)15-29-12-10-25(33,11-13-29)16-30-17-27-23-22(24(30)32)14-28-31(23)21-8-6-20(26)7-9-21/h2-9,14,17,33H,10-13,15-16H2,1H3. The summed E-state index contributed by atoms with van der Waals surface area (Å²) in [5.74, 6) is -0.344. The summed E-state index contributed by atoms with van der Waals surface area (Å²) in [4.78, 5) is 19.8. The quantitative estimate of drug-likeness (QED) is 0.509. The first kappa shape index (κ1) is 21.5. The Morgan fingerprint density at radius 3 is 2.45 bits per heavy atom. The van der Waals surface area contributed by atoms with Gasteiger partial charge in [0, 0.05) is 19.6 Å². The predicted octanol–water partition coefficient (Wildman–Crippen LogP) is 3.06. The fourth-order valence-electron chi connectivity index (χ4n) is 4.39. The SMILES string of the molecule is Cc1ccc(CN2CCC(O)(Cn3cnc4c(cnn4-c4ccc(F)cc4)c3=O)CC2)cc1. The van der Waals surface area contributed by atoms with Crippen LogP contribution >= 0.6 is 0 Å². The molecule has 1 saturated heterocycles. The number of hydrogen-bond acceptors (Lipinski definition) is 5. The smallest absolute Gasteiger partial charge is 0.264 e. The zero-order valence-electron chi connectivity index (χ0n) is 18.5. The van der Waals surface area contributed by atoms with Gasteiger partial charge in [0.15, 0.2) is 5.65 Å². The lowest BCUT2D eigenvalue weighted by Crippen LogP contribution is -2.47. The van der Waals surface area contributed by atoms with E-state index in [1.807, 2.05) is 0 Å². The highest BCUT2D eigenvalue weighted by atomic mass is 19.1. The number of aliphatic hydroxyl groups is 1. The molecule has 0 saturated carbocycles. The summed E-state index contributed by atoms with van der Waals surface area (Å²) in [6.07, 6.45) is 4.10. The average Bonchev–Trinajstić information content (AvgIpc) is 3.24. The van der Waals surface area contributed by atoms with Gasteiger partial charge in [-0.2, -0.15) is 5.10 Å². The van der Waals surface area contributed by atoms with Crippen LogP contribution in [0.4, 0.5) is 4.39 Å². The second-order valence-corrected chi connectivity index (χ2v) is 8.93. The van der Waals surface area contributed by atoms with Gasteiger partial charge in [-0.1, -0.05) is 29.8 Å². The Morgan fingerprint density at radius 2 is 1.76 bits per heavy atom. The summed E-state index contributed by atoms with van der Waals surface area (Å²) < 4.78 is 16.2. The number of rotatable bonds is 5. The van der Waals surface area contributed by atoms with Crippen LogP contribution in [0.3, 0.4) is 0 Å². The second kappa shape index (κ2) is 8.53. The van der Waals surface area contributed by atoms with Crippen molar-refractivity contribution >= 4 is 11.0 Å². The van der Waals surface area contributed by atoms with Crippen LogP contribution in [0, 0.1) is 12.7 Å². The number of likely N-dealkylation sites (tertiary alicyclic amines) is 1. The number of aryl methyl sites for hydroxylation is 1. The molecule has 7 nitrogen and oxygen atoms in total. The van der Waals surface area contributed by atoms with Crippen molar-refractivity contribution < 1.29 is 9.50 Å². The average molecular weight is 448 g/mol. The minimum Gasteiger partial charge on any atom is -0.388 e. The van der Waals surface area contributed by atoms with Crippen molar-refractivity contribution in [2.45, 2.75) is 38.5 Å². The molecule has 1 aliphatic heterocycles. The van der Waals surface area contributed by atoms with Gasteiger partial charge in [0.1, 0.15) is 17.5 Å². The van der Waals surface area contributed by atoms with Gasteiger partial charge in [0.25, 0.3) is 5.56 Å². The maximum atomic E-state index is 13.2. The number of aromatic nitrogens is 4. The fourth-order valence-corrected chi connectivity index (χ4v) is 4.39. The molecular formula is C25H26FN5O2. The molecule has 170 valence electrons. The van der Waals surface area contributed by atoms with Gasteiger partial charge in [-0.3, -0.25) is 14.3 Å². The van der Waals surface area contributed by atoms with Crippen LogP contribution in [-0.4, -0.2) is 48.0 Å². The van der Waals surface area contributed by atoms with Crippen molar-refractivity contribution in [3.8, 4) is 5.69 Å². The highest BCUT2D eigenvalue weighted by Crippen LogP contribution is 2.25. The van der Waals surface area contributed by atoms with Crippen LogP contribution < -0.4 is 5.56 Å². The molecule has 0 radical (unpaired) electrons. The number of fused-ring (bicyclic) bond motifs is 1. The van der Waals surface area contributed by atoms with E-state index in [1.165, 1.54) is 45.0 Å². The summed E-state index contributed by atoms with van der Waals surface area (Å²) >= 11 is 0. The van der Waals surface area contributed by atoms with Crippen LogP contribution in [0.1, 0.15) is 24.0 Å². The van der Waals surface area contributed by atoms with Crippen LogP contribution in [0.5, 0.6) is 0 Å². The summed E-state index contributed by atoms with van der Waals surface area (Å²) in [6, 6.07) is 14.4. The van der Waals surface area contributed by atoms with Crippen molar-refractivity contribution in [2.24, 2.45) is 0 Å². The van der Waals surface area contributed by atoms with Gasteiger partial charge >= 0.3 is 0 Å². The largest absolute Gasteiger partial charge is 0.388 e.